The fourth-order valence-electron chi connectivity index (χ4n) is 2.88. The summed E-state index contributed by atoms with van der Waals surface area (Å²) in [5, 5.41) is 9.31. The molecular formula is C15H20BNO2. The number of carbonyl (C=O) groups is 1. The summed E-state index contributed by atoms with van der Waals surface area (Å²) >= 11 is 0. The van der Waals surface area contributed by atoms with Gasteiger partial charge in [0.05, 0.1) is 13.8 Å². The Hall–Kier alpha value is -1.29. The van der Waals surface area contributed by atoms with Crippen LogP contribution in [-0.2, 0) is 11.3 Å². The van der Waals surface area contributed by atoms with Crippen molar-refractivity contribution in [2.75, 3.05) is 13.1 Å². The largest absolute Gasteiger partial charge is 0.481 e. The number of benzene rings is 1. The van der Waals surface area contributed by atoms with Crippen LogP contribution in [0.5, 0.6) is 0 Å². The predicted molar refractivity (Wildman–Crippen MR) is 76.1 cm³/mol. The van der Waals surface area contributed by atoms with E-state index in [0.717, 1.165) is 25.9 Å². The lowest BCUT2D eigenvalue weighted by molar-refractivity contribution is -0.142. The molecule has 0 unspecified atom stereocenters. The number of hydrogen-bond acceptors (Lipinski definition) is 2. The van der Waals surface area contributed by atoms with Crippen LogP contribution in [0.1, 0.15) is 18.4 Å². The van der Waals surface area contributed by atoms with Crippen molar-refractivity contribution in [2.24, 2.45) is 11.8 Å². The molecule has 19 heavy (non-hydrogen) atoms. The third kappa shape index (κ3) is 3.84. The van der Waals surface area contributed by atoms with Gasteiger partial charge in [0.25, 0.3) is 0 Å². The zero-order valence-electron chi connectivity index (χ0n) is 11.2. The van der Waals surface area contributed by atoms with Crippen molar-refractivity contribution in [3.63, 3.8) is 0 Å². The van der Waals surface area contributed by atoms with Crippen LogP contribution in [0.2, 0.25) is 6.32 Å². The van der Waals surface area contributed by atoms with Gasteiger partial charge in [-0.25, -0.2) is 0 Å². The molecule has 1 saturated heterocycles. The minimum atomic E-state index is -0.669. The van der Waals surface area contributed by atoms with Crippen molar-refractivity contribution in [3.8, 4) is 0 Å². The van der Waals surface area contributed by atoms with Crippen LogP contribution in [0.4, 0.5) is 0 Å². The molecule has 2 atom stereocenters. The number of carboxylic acid groups (broad SMARTS) is 1. The van der Waals surface area contributed by atoms with E-state index in [0.29, 0.717) is 12.9 Å². The smallest absolute Gasteiger partial charge is 0.308 e. The first-order valence-electron chi connectivity index (χ1n) is 6.90. The molecule has 0 saturated carbocycles. The number of rotatable bonds is 6. The van der Waals surface area contributed by atoms with E-state index in [2.05, 4.69) is 17.0 Å². The van der Waals surface area contributed by atoms with Crippen LogP contribution < -0.4 is 0 Å². The Morgan fingerprint density at radius 1 is 1.32 bits per heavy atom. The van der Waals surface area contributed by atoms with Gasteiger partial charge in [-0.2, -0.15) is 0 Å². The summed E-state index contributed by atoms with van der Waals surface area (Å²) in [4.78, 5) is 13.6. The van der Waals surface area contributed by atoms with Crippen LogP contribution >= 0.6 is 0 Å². The summed E-state index contributed by atoms with van der Waals surface area (Å²) < 4.78 is 0. The molecule has 2 rings (SSSR count). The molecule has 0 aliphatic carbocycles. The molecule has 3 nitrogen and oxygen atoms in total. The first-order chi connectivity index (χ1) is 9.20. The highest BCUT2D eigenvalue weighted by molar-refractivity contribution is 6.08. The first kappa shape index (κ1) is 14.1. The molecule has 4 heteroatoms. The second kappa shape index (κ2) is 6.76. The van der Waals surface area contributed by atoms with Crippen LogP contribution in [-0.4, -0.2) is 36.9 Å². The quantitative estimate of drug-likeness (QED) is 0.794. The molecule has 1 fully saturated rings. The van der Waals surface area contributed by atoms with E-state index in [1.807, 2.05) is 18.2 Å². The molecule has 0 amide bonds. The van der Waals surface area contributed by atoms with Gasteiger partial charge in [0.15, 0.2) is 0 Å². The summed E-state index contributed by atoms with van der Waals surface area (Å²) in [5.74, 6) is -0.669. The number of carboxylic acids is 1. The van der Waals surface area contributed by atoms with Crippen molar-refractivity contribution in [2.45, 2.75) is 25.7 Å². The third-order valence-corrected chi connectivity index (χ3v) is 3.86. The summed E-state index contributed by atoms with van der Waals surface area (Å²) in [6, 6.07) is 10.2. The molecule has 1 aromatic carbocycles. The van der Waals surface area contributed by atoms with Gasteiger partial charge < -0.3 is 5.11 Å². The normalized spacial score (nSPS) is 23.6. The van der Waals surface area contributed by atoms with Gasteiger partial charge in [-0.05, 0) is 17.9 Å². The molecule has 0 spiro atoms. The Kier molecular flexibility index (Phi) is 5.03. The van der Waals surface area contributed by atoms with Gasteiger partial charge in [0.2, 0.25) is 0 Å². The van der Waals surface area contributed by atoms with E-state index in [1.54, 1.807) is 0 Å². The number of nitrogens with zero attached hydrogens (tertiary/aromatic N) is 1. The lowest BCUT2D eigenvalue weighted by Crippen LogP contribution is -2.23. The molecule has 1 aliphatic rings. The summed E-state index contributed by atoms with van der Waals surface area (Å²) in [5.41, 5.74) is 1.24. The number of aliphatic carboxylic acids is 1. The predicted octanol–water partition coefficient (Wildman–Crippen LogP) is 2.19. The Morgan fingerprint density at radius 3 is 2.68 bits per heavy atom. The average Bonchev–Trinajstić information content (AvgIpc) is 2.80. The van der Waals surface area contributed by atoms with E-state index < -0.39 is 5.97 Å². The van der Waals surface area contributed by atoms with Crippen molar-refractivity contribution >= 4 is 13.8 Å². The van der Waals surface area contributed by atoms with Crippen LogP contribution in [0.3, 0.4) is 0 Å². The monoisotopic (exact) mass is 257 g/mol. The standard InChI is InChI=1S/C15H20BNO2/c16-8-4-7-13-10-17(11-14(13)15(18)19)9-12-5-2-1-3-6-12/h1-3,5-6,13-14H,4,7-11H2,(H,18,19)/t13-,14+/m0/s1. The van der Waals surface area contributed by atoms with E-state index in [-0.39, 0.29) is 11.8 Å². The zero-order chi connectivity index (χ0) is 13.7. The highest BCUT2D eigenvalue weighted by Gasteiger charge is 2.36. The number of hydrogen-bond donors (Lipinski definition) is 1. The average molecular weight is 257 g/mol. The summed E-state index contributed by atoms with van der Waals surface area (Å²) in [7, 11) is 5.53. The van der Waals surface area contributed by atoms with Crippen molar-refractivity contribution in [1.82, 2.24) is 4.90 Å². The maximum atomic E-state index is 11.3. The summed E-state index contributed by atoms with van der Waals surface area (Å²) in [6.45, 7) is 2.36. The Morgan fingerprint density at radius 2 is 2.05 bits per heavy atom. The fraction of sp³-hybridized carbons (Fsp3) is 0.533. The topological polar surface area (TPSA) is 40.5 Å². The third-order valence-electron chi connectivity index (χ3n) is 3.86. The number of likely N-dealkylation sites (tertiary alicyclic amines) is 1. The molecule has 1 aliphatic heterocycles. The summed E-state index contributed by atoms with van der Waals surface area (Å²) in [6.07, 6.45) is 2.47. The molecule has 1 aromatic rings. The van der Waals surface area contributed by atoms with Gasteiger partial charge in [-0.1, -0.05) is 43.1 Å². The van der Waals surface area contributed by atoms with Gasteiger partial charge in [0.1, 0.15) is 0 Å². The molecule has 2 radical (unpaired) electrons. The first-order valence-corrected chi connectivity index (χ1v) is 6.90. The highest BCUT2D eigenvalue weighted by Crippen LogP contribution is 2.29. The van der Waals surface area contributed by atoms with Crippen LogP contribution in [0.25, 0.3) is 0 Å². The molecule has 1 heterocycles. The van der Waals surface area contributed by atoms with E-state index >= 15 is 0 Å². The second-order valence-corrected chi connectivity index (χ2v) is 5.32. The lowest BCUT2D eigenvalue weighted by atomic mass is 9.88. The Bertz CT molecular complexity index is 410. The van der Waals surface area contributed by atoms with Crippen LogP contribution in [0, 0.1) is 11.8 Å². The van der Waals surface area contributed by atoms with Gasteiger partial charge >= 0.3 is 5.97 Å². The maximum Gasteiger partial charge on any atom is 0.308 e. The molecule has 0 aromatic heterocycles. The van der Waals surface area contributed by atoms with E-state index in [9.17, 15) is 9.90 Å². The zero-order valence-corrected chi connectivity index (χ0v) is 11.2. The van der Waals surface area contributed by atoms with Crippen molar-refractivity contribution < 1.29 is 9.90 Å². The molecule has 0 bridgehead atoms. The Labute approximate surface area is 116 Å². The molecular weight excluding hydrogens is 237 g/mol. The fourth-order valence-corrected chi connectivity index (χ4v) is 2.88. The van der Waals surface area contributed by atoms with Crippen molar-refractivity contribution in [3.05, 3.63) is 35.9 Å². The maximum absolute atomic E-state index is 11.3. The van der Waals surface area contributed by atoms with Gasteiger partial charge in [-0.3, -0.25) is 9.69 Å². The second-order valence-electron chi connectivity index (χ2n) is 5.32. The Balaban J connectivity index is 1.95. The molecule has 1 N–H and O–H groups in total. The molecule has 100 valence electrons. The van der Waals surface area contributed by atoms with Gasteiger partial charge in [0, 0.05) is 19.6 Å². The van der Waals surface area contributed by atoms with Gasteiger partial charge in [-0.15, -0.1) is 0 Å². The van der Waals surface area contributed by atoms with Crippen molar-refractivity contribution in [1.29, 1.82) is 0 Å². The van der Waals surface area contributed by atoms with E-state index in [1.165, 1.54) is 5.56 Å². The van der Waals surface area contributed by atoms with E-state index in [4.69, 9.17) is 7.85 Å². The minimum Gasteiger partial charge on any atom is -0.481 e. The lowest BCUT2D eigenvalue weighted by Gasteiger charge is -2.15. The van der Waals surface area contributed by atoms with Crippen LogP contribution in [0.15, 0.2) is 30.3 Å². The highest BCUT2D eigenvalue weighted by atomic mass is 16.4. The SMILES string of the molecule is [B]CCC[C@H]1CN(Cc2ccccc2)C[C@H]1C(=O)O. The minimum absolute atomic E-state index is 0.240.